The largest absolute Gasteiger partial charge is 0.321 e. The zero-order valence-corrected chi connectivity index (χ0v) is 11.4. The normalized spacial score (nSPS) is 10.5. The first-order valence-corrected chi connectivity index (χ1v) is 6.37. The van der Waals surface area contributed by atoms with Crippen molar-refractivity contribution in [2.45, 2.75) is 6.92 Å². The van der Waals surface area contributed by atoms with Crippen molar-refractivity contribution >= 4 is 11.6 Å². The van der Waals surface area contributed by atoms with Crippen molar-refractivity contribution in [2.75, 3.05) is 5.32 Å². The average molecular weight is 265 g/mol. The lowest BCUT2D eigenvalue weighted by molar-refractivity contribution is 0.768. The fraction of sp³-hybridized carbons (Fsp3) is 0.133. The maximum absolute atomic E-state index is 4.59. The van der Waals surface area contributed by atoms with Gasteiger partial charge in [0.1, 0.15) is 0 Å². The second kappa shape index (κ2) is 5.13. The number of aryl methyl sites for hydroxylation is 2. The van der Waals surface area contributed by atoms with Crippen molar-refractivity contribution in [2.24, 2.45) is 7.05 Å². The molecule has 0 aliphatic heterocycles. The minimum atomic E-state index is 0.572. The third-order valence-corrected chi connectivity index (χ3v) is 2.98. The van der Waals surface area contributed by atoms with Gasteiger partial charge < -0.3 is 5.32 Å². The highest BCUT2D eigenvalue weighted by molar-refractivity contribution is 5.64. The lowest BCUT2D eigenvalue weighted by Gasteiger charge is -2.07. The molecule has 2 aromatic heterocycles. The molecule has 0 saturated heterocycles. The number of anilines is 2. The van der Waals surface area contributed by atoms with Gasteiger partial charge >= 0.3 is 0 Å². The molecule has 20 heavy (non-hydrogen) atoms. The summed E-state index contributed by atoms with van der Waals surface area (Å²) in [6.45, 7) is 2.01. The van der Waals surface area contributed by atoms with Crippen molar-refractivity contribution in [3.63, 3.8) is 0 Å². The van der Waals surface area contributed by atoms with Gasteiger partial charge in [-0.15, -0.1) is 0 Å². The molecular weight excluding hydrogens is 250 g/mol. The van der Waals surface area contributed by atoms with Crippen LogP contribution in [0.2, 0.25) is 0 Å². The topological polar surface area (TPSA) is 55.6 Å². The van der Waals surface area contributed by atoms with Crippen LogP contribution in [-0.4, -0.2) is 19.7 Å². The quantitative estimate of drug-likeness (QED) is 0.791. The predicted molar refractivity (Wildman–Crippen MR) is 78.7 cm³/mol. The molecule has 0 amide bonds. The molecule has 5 nitrogen and oxygen atoms in total. The molecule has 0 bridgehead atoms. The maximum atomic E-state index is 4.59. The molecule has 0 saturated carbocycles. The molecule has 0 spiro atoms. The fourth-order valence-electron chi connectivity index (χ4n) is 2.01. The number of benzene rings is 1. The third-order valence-electron chi connectivity index (χ3n) is 2.98. The van der Waals surface area contributed by atoms with Gasteiger partial charge in [0, 0.05) is 25.0 Å². The summed E-state index contributed by atoms with van der Waals surface area (Å²) < 4.78 is 1.73. The molecule has 0 aliphatic carbocycles. The molecule has 0 atom stereocenters. The lowest BCUT2D eigenvalue weighted by Crippen LogP contribution is -1.99. The molecule has 3 aromatic rings. The van der Waals surface area contributed by atoms with E-state index in [-0.39, 0.29) is 0 Å². The smallest absolute Gasteiger partial charge is 0.227 e. The monoisotopic (exact) mass is 265 g/mol. The molecule has 2 heterocycles. The summed E-state index contributed by atoms with van der Waals surface area (Å²) in [4.78, 5) is 8.90. The second-order valence-corrected chi connectivity index (χ2v) is 4.62. The number of nitrogens with zero attached hydrogens (tertiary/aromatic N) is 4. The van der Waals surface area contributed by atoms with Gasteiger partial charge in [-0.25, -0.2) is 9.97 Å². The minimum Gasteiger partial charge on any atom is -0.321 e. The van der Waals surface area contributed by atoms with E-state index in [0.717, 1.165) is 22.5 Å². The number of rotatable bonds is 3. The third kappa shape index (κ3) is 2.51. The Kier molecular flexibility index (Phi) is 3.16. The van der Waals surface area contributed by atoms with Crippen molar-refractivity contribution in [1.82, 2.24) is 19.7 Å². The summed E-state index contributed by atoms with van der Waals surface area (Å²) in [6, 6.07) is 10.1. The first kappa shape index (κ1) is 12.3. The fourth-order valence-corrected chi connectivity index (χ4v) is 2.01. The van der Waals surface area contributed by atoms with Crippen LogP contribution < -0.4 is 5.32 Å². The van der Waals surface area contributed by atoms with E-state index in [1.54, 1.807) is 10.9 Å². The summed E-state index contributed by atoms with van der Waals surface area (Å²) in [5.74, 6) is 0.572. The highest BCUT2D eigenvalue weighted by atomic mass is 15.3. The van der Waals surface area contributed by atoms with Crippen LogP contribution in [0.15, 0.2) is 48.9 Å². The summed E-state index contributed by atoms with van der Waals surface area (Å²) in [5, 5.41) is 7.27. The van der Waals surface area contributed by atoms with Gasteiger partial charge in [-0.1, -0.05) is 30.3 Å². The highest BCUT2D eigenvalue weighted by Crippen LogP contribution is 2.22. The Labute approximate surface area is 117 Å². The Hall–Kier alpha value is -2.69. The predicted octanol–water partition coefficient (Wildman–Crippen LogP) is 2.93. The van der Waals surface area contributed by atoms with E-state index < -0.39 is 0 Å². The van der Waals surface area contributed by atoms with Gasteiger partial charge in [0.25, 0.3) is 0 Å². The highest BCUT2D eigenvalue weighted by Gasteiger charge is 2.07. The SMILES string of the molecule is Cc1cnc(Nc2cnn(C)c2)nc1-c1ccccc1. The molecule has 3 rings (SSSR count). The van der Waals surface area contributed by atoms with Crippen LogP contribution in [0, 0.1) is 6.92 Å². The van der Waals surface area contributed by atoms with Crippen LogP contribution in [0.5, 0.6) is 0 Å². The van der Waals surface area contributed by atoms with Gasteiger partial charge in [-0.05, 0) is 12.5 Å². The van der Waals surface area contributed by atoms with Gasteiger partial charge in [0.05, 0.1) is 17.6 Å². The lowest BCUT2D eigenvalue weighted by atomic mass is 10.1. The molecule has 5 heteroatoms. The summed E-state index contributed by atoms with van der Waals surface area (Å²) in [5.41, 5.74) is 3.94. The molecule has 1 aromatic carbocycles. The molecule has 0 aliphatic rings. The summed E-state index contributed by atoms with van der Waals surface area (Å²) in [6.07, 6.45) is 5.45. The Bertz CT molecular complexity index is 718. The van der Waals surface area contributed by atoms with E-state index in [0.29, 0.717) is 5.95 Å². The molecule has 0 fully saturated rings. The van der Waals surface area contributed by atoms with Crippen molar-refractivity contribution in [3.8, 4) is 11.3 Å². The van der Waals surface area contributed by atoms with Crippen molar-refractivity contribution in [3.05, 3.63) is 54.5 Å². The maximum Gasteiger partial charge on any atom is 0.227 e. The van der Waals surface area contributed by atoms with E-state index in [4.69, 9.17) is 0 Å². The average Bonchev–Trinajstić information content (AvgIpc) is 2.87. The van der Waals surface area contributed by atoms with Crippen LogP contribution in [0.4, 0.5) is 11.6 Å². The van der Waals surface area contributed by atoms with E-state index in [9.17, 15) is 0 Å². The molecule has 100 valence electrons. The van der Waals surface area contributed by atoms with E-state index in [2.05, 4.69) is 20.4 Å². The van der Waals surface area contributed by atoms with Crippen LogP contribution in [-0.2, 0) is 7.05 Å². The van der Waals surface area contributed by atoms with Gasteiger partial charge in [-0.2, -0.15) is 5.10 Å². The van der Waals surface area contributed by atoms with Gasteiger partial charge in [0.2, 0.25) is 5.95 Å². The summed E-state index contributed by atoms with van der Waals surface area (Å²) in [7, 11) is 1.87. The van der Waals surface area contributed by atoms with Crippen LogP contribution in [0.3, 0.4) is 0 Å². The Balaban J connectivity index is 1.94. The molecular formula is C15H15N5. The number of hydrogen-bond acceptors (Lipinski definition) is 4. The standard InChI is InChI=1S/C15H15N5/c1-11-8-16-15(18-13-9-17-20(2)10-13)19-14(11)12-6-4-3-5-7-12/h3-10H,1-2H3,(H,16,18,19). The van der Waals surface area contributed by atoms with E-state index in [1.807, 2.05) is 56.7 Å². The van der Waals surface area contributed by atoms with Crippen molar-refractivity contribution < 1.29 is 0 Å². The number of nitrogens with one attached hydrogen (secondary N) is 1. The Morgan fingerprint density at radius 1 is 1.10 bits per heavy atom. The van der Waals surface area contributed by atoms with Crippen LogP contribution in [0.1, 0.15) is 5.56 Å². The zero-order chi connectivity index (χ0) is 13.9. The zero-order valence-electron chi connectivity index (χ0n) is 11.4. The first-order chi connectivity index (χ1) is 9.72. The van der Waals surface area contributed by atoms with Crippen molar-refractivity contribution in [1.29, 1.82) is 0 Å². The first-order valence-electron chi connectivity index (χ1n) is 6.37. The Morgan fingerprint density at radius 2 is 1.90 bits per heavy atom. The van der Waals surface area contributed by atoms with Crippen LogP contribution in [0.25, 0.3) is 11.3 Å². The molecule has 0 unspecified atom stereocenters. The van der Waals surface area contributed by atoms with E-state index >= 15 is 0 Å². The number of hydrogen-bond donors (Lipinski definition) is 1. The summed E-state index contributed by atoms with van der Waals surface area (Å²) >= 11 is 0. The molecule has 1 N–H and O–H groups in total. The van der Waals surface area contributed by atoms with Crippen LogP contribution >= 0.6 is 0 Å². The van der Waals surface area contributed by atoms with E-state index in [1.165, 1.54) is 0 Å². The van der Waals surface area contributed by atoms with Gasteiger partial charge in [0.15, 0.2) is 0 Å². The molecule has 0 radical (unpaired) electrons. The number of aromatic nitrogens is 4. The van der Waals surface area contributed by atoms with Gasteiger partial charge in [-0.3, -0.25) is 4.68 Å². The second-order valence-electron chi connectivity index (χ2n) is 4.62. The minimum absolute atomic E-state index is 0.572. The Morgan fingerprint density at radius 3 is 2.60 bits per heavy atom.